The van der Waals surface area contributed by atoms with Crippen molar-refractivity contribution in [1.29, 1.82) is 0 Å². The quantitative estimate of drug-likeness (QED) is 0.763. The summed E-state index contributed by atoms with van der Waals surface area (Å²) in [5.41, 5.74) is 1.65. The Hall–Kier alpha value is -1.50. The predicted octanol–water partition coefficient (Wildman–Crippen LogP) is 0.790. The highest BCUT2D eigenvalue weighted by Crippen LogP contribution is 2.21. The van der Waals surface area contributed by atoms with Gasteiger partial charge in [-0.05, 0) is 18.6 Å². The zero-order valence-electron chi connectivity index (χ0n) is 9.84. The fourth-order valence-electron chi connectivity index (χ4n) is 1.86. The highest BCUT2D eigenvalue weighted by atomic mass is 32.3. The molecule has 0 radical (unpaired) electrons. The minimum atomic E-state index is -4.65. The molecule has 1 saturated heterocycles. The summed E-state index contributed by atoms with van der Waals surface area (Å²) in [6, 6.07) is 3.62. The average molecular weight is 272 g/mol. The van der Waals surface area contributed by atoms with Gasteiger partial charge in [0.2, 0.25) is 5.91 Å². The average Bonchev–Trinajstić information content (AvgIpc) is 2.63. The van der Waals surface area contributed by atoms with Gasteiger partial charge in [0.25, 0.3) is 0 Å². The van der Waals surface area contributed by atoms with E-state index < -0.39 is 15.5 Å². The highest BCUT2D eigenvalue weighted by Gasteiger charge is 2.38. The molecular weight excluding hydrogens is 259 g/mol. The molecule has 2 heterocycles. The Morgan fingerprint density at radius 1 is 1.50 bits per heavy atom. The lowest BCUT2D eigenvalue weighted by Crippen LogP contribution is -2.27. The van der Waals surface area contributed by atoms with Crippen LogP contribution in [0, 0.1) is 6.92 Å². The van der Waals surface area contributed by atoms with Gasteiger partial charge in [0.1, 0.15) is 5.25 Å². The second-order valence-electron chi connectivity index (χ2n) is 4.40. The van der Waals surface area contributed by atoms with Gasteiger partial charge in [0.15, 0.2) is 0 Å². The summed E-state index contributed by atoms with van der Waals surface area (Å²) in [5.74, 6) is -0.358. The molecule has 7 heteroatoms. The molecule has 0 spiro atoms. The first-order valence-electron chi connectivity index (χ1n) is 5.49. The molecule has 1 fully saturated rings. The van der Waals surface area contributed by atoms with Gasteiger partial charge >= 0.3 is 10.2 Å². The smallest absolute Gasteiger partial charge is 0.307 e. The van der Waals surface area contributed by atoms with E-state index in [1.54, 1.807) is 12.3 Å². The van der Waals surface area contributed by atoms with Crippen LogP contribution >= 0.6 is 0 Å². The standard InChI is InChI=1S/C11H13FN2O3S/c1-8-2-3-9(13-5-8)6-14-7-10(4-11(14)15)18(12,16)17/h2-3,5,10H,4,6-7H2,1H3. The molecule has 1 aromatic rings. The lowest BCUT2D eigenvalue weighted by atomic mass is 10.2. The van der Waals surface area contributed by atoms with Crippen molar-refractivity contribution in [1.82, 2.24) is 9.88 Å². The minimum absolute atomic E-state index is 0.104. The van der Waals surface area contributed by atoms with Gasteiger partial charge in [-0.3, -0.25) is 9.78 Å². The van der Waals surface area contributed by atoms with E-state index in [0.717, 1.165) is 5.56 Å². The molecule has 2 rings (SSSR count). The number of carbonyl (C=O) groups excluding carboxylic acids is 1. The summed E-state index contributed by atoms with van der Waals surface area (Å²) < 4.78 is 34.3. The van der Waals surface area contributed by atoms with E-state index >= 15 is 0 Å². The Bertz CT molecular complexity index is 556. The van der Waals surface area contributed by atoms with Gasteiger partial charge in [-0.25, -0.2) is 0 Å². The van der Waals surface area contributed by atoms with Crippen LogP contribution in [0.25, 0.3) is 0 Å². The number of aromatic nitrogens is 1. The molecule has 1 unspecified atom stereocenters. The zero-order chi connectivity index (χ0) is 13.3. The van der Waals surface area contributed by atoms with Crippen LogP contribution in [0.4, 0.5) is 3.89 Å². The Morgan fingerprint density at radius 2 is 2.22 bits per heavy atom. The van der Waals surface area contributed by atoms with Crippen molar-refractivity contribution >= 4 is 16.1 Å². The number of hydrogen-bond donors (Lipinski definition) is 0. The maximum Gasteiger partial charge on any atom is 0.307 e. The second-order valence-corrected chi connectivity index (χ2v) is 6.02. The summed E-state index contributed by atoms with van der Waals surface area (Å²) >= 11 is 0. The summed E-state index contributed by atoms with van der Waals surface area (Å²) in [5, 5.41) is -1.24. The third-order valence-corrected chi connectivity index (χ3v) is 4.01. The molecule has 1 aliphatic heterocycles. The first kappa shape index (κ1) is 12.9. The number of hydrogen-bond acceptors (Lipinski definition) is 4. The Labute approximate surface area is 105 Å². The Kier molecular flexibility index (Phi) is 3.34. The Morgan fingerprint density at radius 3 is 2.72 bits per heavy atom. The molecule has 0 saturated carbocycles. The number of aryl methyl sites for hydroxylation is 1. The summed E-state index contributed by atoms with van der Waals surface area (Å²) in [4.78, 5) is 17.0. The first-order chi connectivity index (χ1) is 8.36. The van der Waals surface area contributed by atoms with Crippen LogP contribution in [0.1, 0.15) is 17.7 Å². The minimum Gasteiger partial charge on any atom is -0.335 e. The molecule has 98 valence electrons. The lowest BCUT2D eigenvalue weighted by molar-refractivity contribution is -0.128. The van der Waals surface area contributed by atoms with Crippen LogP contribution < -0.4 is 0 Å². The van der Waals surface area contributed by atoms with Crippen molar-refractivity contribution in [3.63, 3.8) is 0 Å². The van der Waals surface area contributed by atoms with E-state index in [-0.39, 0.29) is 25.4 Å². The van der Waals surface area contributed by atoms with Crippen LogP contribution in [-0.4, -0.2) is 36.0 Å². The molecule has 0 aliphatic carbocycles. The topological polar surface area (TPSA) is 67.3 Å². The molecule has 5 nitrogen and oxygen atoms in total. The number of rotatable bonds is 3. The number of pyridine rings is 1. The van der Waals surface area contributed by atoms with E-state index in [1.807, 2.05) is 13.0 Å². The van der Waals surface area contributed by atoms with Crippen molar-refractivity contribution in [2.24, 2.45) is 0 Å². The van der Waals surface area contributed by atoms with Crippen LogP contribution in [0.3, 0.4) is 0 Å². The van der Waals surface area contributed by atoms with E-state index in [2.05, 4.69) is 4.98 Å². The second kappa shape index (κ2) is 4.64. The highest BCUT2D eigenvalue weighted by molar-refractivity contribution is 7.87. The number of carbonyl (C=O) groups is 1. The summed E-state index contributed by atoms with van der Waals surface area (Å²) in [7, 11) is -4.65. The summed E-state index contributed by atoms with van der Waals surface area (Å²) in [6.07, 6.45) is 1.38. The fourth-order valence-corrected chi connectivity index (χ4v) is 2.56. The lowest BCUT2D eigenvalue weighted by Gasteiger charge is -2.15. The third kappa shape index (κ3) is 2.84. The molecule has 18 heavy (non-hydrogen) atoms. The monoisotopic (exact) mass is 272 g/mol. The van der Waals surface area contributed by atoms with Crippen LogP contribution in [0.5, 0.6) is 0 Å². The summed E-state index contributed by atoms with van der Waals surface area (Å²) in [6.45, 7) is 2.00. The zero-order valence-corrected chi connectivity index (χ0v) is 10.7. The van der Waals surface area contributed by atoms with Crippen LogP contribution in [0.2, 0.25) is 0 Å². The van der Waals surface area contributed by atoms with E-state index in [1.165, 1.54) is 4.90 Å². The van der Waals surface area contributed by atoms with Crippen LogP contribution in [0.15, 0.2) is 18.3 Å². The van der Waals surface area contributed by atoms with E-state index in [0.29, 0.717) is 5.69 Å². The maximum atomic E-state index is 12.8. The van der Waals surface area contributed by atoms with E-state index in [9.17, 15) is 17.1 Å². The molecular formula is C11H13FN2O3S. The first-order valence-corrected chi connectivity index (χ1v) is 6.93. The van der Waals surface area contributed by atoms with E-state index in [4.69, 9.17) is 0 Å². The molecule has 0 N–H and O–H groups in total. The molecule has 0 aromatic carbocycles. The maximum absolute atomic E-state index is 12.8. The molecule has 1 atom stereocenters. The number of halogens is 1. The van der Waals surface area contributed by atoms with Gasteiger partial charge in [-0.15, -0.1) is 3.89 Å². The predicted molar refractivity (Wildman–Crippen MR) is 62.8 cm³/mol. The van der Waals surface area contributed by atoms with Gasteiger partial charge in [-0.2, -0.15) is 8.42 Å². The number of likely N-dealkylation sites (tertiary alicyclic amines) is 1. The van der Waals surface area contributed by atoms with Crippen LogP contribution in [-0.2, 0) is 21.6 Å². The fraction of sp³-hybridized carbons (Fsp3) is 0.455. The molecule has 1 amide bonds. The Balaban J connectivity index is 2.07. The van der Waals surface area contributed by atoms with Gasteiger partial charge < -0.3 is 4.90 Å². The van der Waals surface area contributed by atoms with Crippen molar-refractivity contribution < 1.29 is 17.1 Å². The number of amides is 1. The largest absolute Gasteiger partial charge is 0.335 e. The van der Waals surface area contributed by atoms with Gasteiger partial charge in [-0.1, -0.05) is 6.07 Å². The SMILES string of the molecule is Cc1ccc(CN2CC(S(=O)(=O)F)CC2=O)nc1. The van der Waals surface area contributed by atoms with Gasteiger partial charge in [0.05, 0.1) is 12.2 Å². The van der Waals surface area contributed by atoms with Crippen molar-refractivity contribution in [3.05, 3.63) is 29.6 Å². The molecule has 1 aliphatic rings. The van der Waals surface area contributed by atoms with Crippen molar-refractivity contribution in [2.75, 3.05) is 6.54 Å². The van der Waals surface area contributed by atoms with Gasteiger partial charge in [0, 0.05) is 19.2 Å². The normalized spacial score (nSPS) is 20.4. The third-order valence-electron chi connectivity index (χ3n) is 2.90. The molecule has 0 bridgehead atoms. The van der Waals surface area contributed by atoms with Crippen molar-refractivity contribution in [3.8, 4) is 0 Å². The molecule has 1 aromatic heterocycles. The number of nitrogens with zero attached hydrogens (tertiary/aromatic N) is 2. The van der Waals surface area contributed by atoms with Crippen molar-refractivity contribution in [2.45, 2.75) is 25.1 Å².